The Bertz CT molecular complexity index is 470. The Morgan fingerprint density at radius 1 is 1.47 bits per heavy atom. The molecule has 19 heavy (non-hydrogen) atoms. The van der Waals surface area contributed by atoms with Crippen LogP contribution >= 0.6 is 23.4 Å². The lowest BCUT2D eigenvalue weighted by Crippen LogP contribution is -2.17. The van der Waals surface area contributed by atoms with Gasteiger partial charge in [0.25, 0.3) is 0 Å². The number of rotatable bonds is 4. The minimum atomic E-state index is -0.169. The van der Waals surface area contributed by atoms with Crippen molar-refractivity contribution in [3.05, 3.63) is 28.3 Å². The zero-order valence-corrected chi connectivity index (χ0v) is 12.4. The molecule has 1 aliphatic heterocycles. The molecule has 0 radical (unpaired) electrons. The zero-order chi connectivity index (χ0) is 13.8. The first kappa shape index (κ1) is 14.7. The first-order chi connectivity index (χ1) is 9.08. The van der Waals surface area contributed by atoms with Crippen LogP contribution in [0.4, 0.5) is 0 Å². The summed E-state index contributed by atoms with van der Waals surface area (Å²) in [6.45, 7) is 3.04. The number of hydrogen-bond donors (Lipinski definition) is 1. The average molecular weight is 301 g/mol. The van der Waals surface area contributed by atoms with E-state index >= 15 is 0 Å². The number of phenolic OH excluding ortho intramolecular Hbond substituents is 1. The molecule has 0 spiro atoms. The Kier molecular flexibility index (Phi) is 5.13. The van der Waals surface area contributed by atoms with Gasteiger partial charge in [0.1, 0.15) is 5.75 Å². The molecule has 1 fully saturated rings. The van der Waals surface area contributed by atoms with Crippen LogP contribution in [0.25, 0.3) is 0 Å². The number of Topliss-reactive ketones (excluding diaryl/α,β-unsaturated/α-hetero) is 1. The molecule has 0 aromatic heterocycles. The van der Waals surface area contributed by atoms with E-state index in [1.807, 2.05) is 0 Å². The largest absolute Gasteiger partial charge is 0.507 e. The third kappa shape index (κ3) is 3.88. The maximum atomic E-state index is 11.4. The third-order valence-electron chi connectivity index (χ3n) is 3.18. The highest BCUT2D eigenvalue weighted by atomic mass is 35.5. The van der Waals surface area contributed by atoms with Gasteiger partial charge in [0.2, 0.25) is 0 Å². The van der Waals surface area contributed by atoms with Crippen LogP contribution < -0.4 is 0 Å². The van der Waals surface area contributed by atoms with E-state index in [0.29, 0.717) is 21.6 Å². The van der Waals surface area contributed by atoms with Crippen LogP contribution in [0.3, 0.4) is 0 Å². The van der Waals surface area contributed by atoms with Gasteiger partial charge in [0.15, 0.2) is 5.78 Å². The number of carbonyl (C=O) groups excluding carboxylic acids is 1. The van der Waals surface area contributed by atoms with Gasteiger partial charge in [-0.15, -0.1) is 0 Å². The summed E-state index contributed by atoms with van der Waals surface area (Å²) in [4.78, 5) is 11.4. The molecule has 1 heterocycles. The molecule has 1 N–H and O–H groups in total. The minimum absolute atomic E-state index is 0.0662. The normalized spacial score (nSPS) is 16.5. The topological polar surface area (TPSA) is 46.5 Å². The van der Waals surface area contributed by atoms with Gasteiger partial charge >= 0.3 is 0 Å². The van der Waals surface area contributed by atoms with Crippen molar-refractivity contribution in [2.75, 3.05) is 13.2 Å². The summed E-state index contributed by atoms with van der Waals surface area (Å²) in [6, 6.07) is 3.25. The Morgan fingerprint density at radius 2 is 2.16 bits per heavy atom. The molecule has 104 valence electrons. The first-order valence-corrected chi connectivity index (χ1v) is 7.72. The Labute approximate surface area is 122 Å². The lowest BCUT2D eigenvalue weighted by Gasteiger charge is -2.21. The molecule has 0 saturated carbocycles. The molecular formula is C14H17ClO3S. The predicted octanol–water partition coefficient (Wildman–Crippen LogP) is 3.66. The van der Waals surface area contributed by atoms with Crippen molar-refractivity contribution >= 4 is 29.1 Å². The van der Waals surface area contributed by atoms with Gasteiger partial charge in [-0.2, -0.15) is 11.8 Å². The highest BCUT2D eigenvalue weighted by Gasteiger charge is 2.17. The van der Waals surface area contributed by atoms with E-state index in [0.717, 1.165) is 31.6 Å². The zero-order valence-electron chi connectivity index (χ0n) is 10.8. The molecule has 0 amide bonds. The quantitative estimate of drug-likeness (QED) is 0.862. The third-order valence-corrected chi connectivity index (χ3v) is 4.81. The average Bonchev–Trinajstić information content (AvgIpc) is 2.40. The van der Waals surface area contributed by atoms with Crippen LogP contribution in [0.5, 0.6) is 5.75 Å². The fourth-order valence-corrected chi connectivity index (χ4v) is 3.49. The van der Waals surface area contributed by atoms with E-state index in [1.165, 1.54) is 13.0 Å². The number of carbonyl (C=O) groups is 1. The molecule has 0 atom stereocenters. The molecule has 1 saturated heterocycles. The van der Waals surface area contributed by atoms with Gasteiger partial charge in [-0.3, -0.25) is 4.79 Å². The molecule has 2 rings (SSSR count). The minimum Gasteiger partial charge on any atom is -0.507 e. The molecule has 1 aromatic carbocycles. The van der Waals surface area contributed by atoms with E-state index < -0.39 is 0 Å². The van der Waals surface area contributed by atoms with Crippen molar-refractivity contribution in [2.45, 2.75) is 30.8 Å². The summed E-state index contributed by atoms with van der Waals surface area (Å²) < 4.78 is 5.32. The Hall–Kier alpha value is -0.710. The van der Waals surface area contributed by atoms with Crippen LogP contribution in [-0.4, -0.2) is 29.4 Å². The lowest BCUT2D eigenvalue weighted by atomic mass is 10.1. The van der Waals surface area contributed by atoms with Gasteiger partial charge < -0.3 is 9.84 Å². The fourth-order valence-electron chi connectivity index (χ4n) is 2.08. The van der Waals surface area contributed by atoms with Crippen LogP contribution in [-0.2, 0) is 10.5 Å². The molecule has 5 heteroatoms. The van der Waals surface area contributed by atoms with Crippen LogP contribution in [0, 0.1) is 0 Å². The molecule has 3 nitrogen and oxygen atoms in total. The molecule has 1 aliphatic rings. The summed E-state index contributed by atoms with van der Waals surface area (Å²) in [5, 5.41) is 11.1. The second-order valence-corrected chi connectivity index (χ2v) is 6.37. The summed E-state index contributed by atoms with van der Waals surface area (Å²) in [5.74, 6) is 0.561. The van der Waals surface area contributed by atoms with Gasteiger partial charge in [0, 0.05) is 34.8 Å². The second-order valence-electron chi connectivity index (χ2n) is 4.64. The van der Waals surface area contributed by atoms with Crippen LogP contribution in [0.1, 0.15) is 35.7 Å². The van der Waals surface area contributed by atoms with Crippen molar-refractivity contribution in [3.63, 3.8) is 0 Å². The Morgan fingerprint density at radius 3 is 2.79 bits per heavy atom. The van der Waals surface area contributed by atoms with Gasteiger partial charge in [-0.25, -0.2) is 0 Å². The monoisotopic (exact) mass is 300 g/mol. The molecular weight excluding hydrogens is 284 g/mol. The number of thioether (sulfide) groups is 1. The van der Waals surface area contributed by atoms with E-state index in [4.69, 9.17) is 16.3 Å². The van der Waals surface area contributed by atoms with Gasteiger partial charge in [-0.1, -0.05) is 11.6 Å². The van der Waals surface area contributed by atoms with Crippen LogP contribution in [0.2, 0.25) is 5.02 Å². The number of phenols is 1. The first-order valence-electron chi connectivity index (χ1n) is 6.29. The van der Waals surface area contributed by atoms with Gasteiger partial charge in [0.05, 0.1) is 5.56 Å². The molecule has 0 bridgehead atoms. The van der Waals surface area contributed by atoms with Crippen LogP contribution in [0.15, 0.2) is 12.1 Å². The maximum Gasteiger partial charge on any atom is 0.163 e. The summed E-state index contributed by atoms with van der Waals surface area (Å²) in [6.07, 6.45) is 2.07. The predicted molar refractivity (Wildman–Crippen MR) is 78.3 cm³/mol. The summed E-state index contributed by atoms with van der Waals surface area (Å²) >= 11 is 7.78. The number of benzene rings is 1. The lowest BCUT2D eigenvalue weighted by molar-refractivity contribution is 0.0999. The van der Waals surface area contributed by atoms with Crippen molar-refractivity contribution < 1.29 is 14.6 Å². The molecule has 0 unspecified atom stereocenters. The standard InChI is InChI=1S/C14H17ClO3S/c1-9(16)13-7-11(15)6-10(14(13)17)8-19-12-2-4-18-5-3-12/h6-7,12,17H,2-5,8H2,1H3. The number of aromatic hydroxyl groups is 1. The summed E-state index contributed by atoms with van der Waals surface area (Å²) in [5.41, 5.74) is 1.03. The van der Waals surface area contributed by atoms with E-state index in [9.17, 15) is 9.90 Å². The highest BCUT2D eigenvalue weighted by Crippen LogP contribution is 2.33. The SMILES string of the molecule is CC(=O)c1cc(Cl)cc(CSC2CCOCC2)c1O. The van der Waals surface area contributed by atoms with E-state index in [1.54, 1.807) is 17.8 Å². The van der Waals surface area contributed by atoms with Crippen molar-refractivity contribution in [3.8, 4) is 5.75 Å². The Balaban J connectivity index is 2.08. The van der Waals surface area contributed by atoms with Gasteiger partial charge in [-0.05, 0) is 31.9 Å². The molecule has 1 aromatic rings. The van der Waals surface area contributed by atoms with Crippen molar-refractivity contribution in [1.29, 1.82) is 0 Å². The maximum absolute atomic E-state index is 11.4. The number of halogens is 1. The molecule has 0 aliphatic carbocycles. The fraction of sp³-hybridized carbons (Fsp3) is 0.500. The smallest absolute Gasteiger partial charge is 0.163 e. The number of hydrogen-bond acceptors (Lipinski definition) is 4. The highest BCUT2D eigenvalue weighted by molar-refractivity contribution is 7.99. The number of ketones is 1. The summed E-state index contributed by atoms with van der Waals surface area (Å²) in [7, 11) is 0. The van der Waals surface area contributed by atoms with E-state index in [-0.39, 0.29) is 11.5 Å². The second kappa shape index (κ2) is 6.64. The number of ether oxygens (including phenoxy) is 1. The van der Waals surface area contributed by atoms with Crippen molar-refractivity contribution in [2.24, 2.45) is 0 Å². The van der Waals surface area contributed by atoms with Crippen molar-refractivity contribution in [1.82, 2.24) is 0 Å². The van der Waals surface area contributed by atoms with E-state index in [2.05, 4.69) is 0 Å².